The second-order valence-corrected chi connectivity index (χ2v) is 8.73. The second-order valence-electron chi connectivity index (χ2n) is 5.40. The summed E-state index contributed by atoms with van der Waals surface area (Å²) in [5.41, 5.74) is 0.449. The molecule has 0 spiro atoms. The van der Waals surface area contributed by atoms with Crippen LogP contribution in [0.4, 0.5) is 0 Å². The first kappa shape index (κ1) is 20.4. The van der Waals surface area contributed by atoms with Gasteiger partial charge < -0.3 is 10.1 Å². The fourth-order valence-electron chi connectivity index (χ4n) is 2.17. The zero-order chi connectivity index (χ0) is 19.5. The van der Waals surface area contributed by atoms with E-state index in [1.165, 1.54) is 25.3 Å². The minimum Gasteiger partial charge on any atom is -0.467 e. The van der Waals surface area contributed by atoms with Crippen LogP contribution < -0.4 is 5.32 Å². The molecule has 0 aliphatic carbocycles. The number of amides is 1. The van der Waals surface area contributed by atoms with Gasteiger partial charge in [0.1, 0.15) is 0 Å². The van der Waals surface area contributed by atoms with Gasteiger partial charge >= 0.3 is 5.97 Å². The molecule has 0 fully saturated rings. The molecule has 0 saturated heterocycles. The molecule has 0 aliphatic rings. The summed E-state index contributed by atoms with van der Waals surface area (Å²) < 4.78 is 28.9. The molecule has 1 atom stereocenters. The summed E-state index contributed by atoms with van der Waals surface area (Å²) in [5.74, 6) is -1.37. The summed E-state index contributed by atoms with van der Waals surface area (Å²) in [5, 5.41) is 2.60. The van der Waals surface area contributed by atoms with Crippen LogP contribution in [-0.4, -0.2) is 33.7 Å². The number of benzene rings is 2. The number of hydrogen-bond donors (Lipinski definition) is 1. The van der Waals surface area contributed by atoms with E-state index in [2.05, 4.69) is 21.2 Å². The first-order chi connectivity index (χ1) is 12.1. The van der Waals surface area contributed by atoms with E-state index in [-0.39, 0.29) is 15.5 Å². The van der Waals surface area contributed by atoms with Gasteiger partial charge in [-0.3, -0.25) is 4.79 Å². The van der Waals surface area contributed by atoms with Crippen molar-refractivity contribution < 1.29 is 22.7 Å². The van der Waals surface area contributed by atoms with Crippen LogP contribution in [0, 0.1) is 0 Å². The lowest BCUT2D eigenvalue weighted by Crippen LogP contribution is -2.34. The highest BCUT2D eigenvalue weighted by Gasteiger charge is 2.25. The standard InChI is InChI=1S/C17H15BrClNO5S/c1-25-17(22)15(10-3-5-11(18)6-4-10)20-16(21)13-9-12(26(2,23)24)7-8-14(13)19/h3-9,15H,1-2H3,(H,20,21). The van der Waals surface area contributed by atoms with E-state index in [1.807, 2.05) is 0 Å². The fourth-order valence-corrected chi connectivity index (χ4v) is 3.28. The normalized spacial score (nSPS) is 12.3. The van der Waals surface area contributed by atoms with E-state index in [9.17, 15) is 18.0 Å². The number of halogens is 2. The van der Waals surface area contributed by atoms with Gasteiger partial charge in [0.25, 0.3) is 5.91 Å². The van der Waals surface area contributed by atoms with Crippen molar-refractivity contribution >= 4 is 49.2 Å². The van der Waals surface area contributed by atoms with E-state index < -0.39 is 27.8 Å². The van der Waals surface area contributed by atoms with Gasteiger partial charge in [-0.25, -0.2) is 13.2 Å². The van der Waals surface area contributed by atoms with Crippen molar-refractivity contribution in [1.82, 2.24) is 5.32 Å². The zero-order valence-electron chi connectivity index (χ0n) is 13.8. The van der Waals surface area contributed by atoms with Crippen molar-refractivity contribution in [3.05, 3.63) is 63.1 Å². The number of rotatable bonds is 5. The molecule has 138 valence electrons. The van der Waals surface area contributed by atoms with E-state index in [1.54, 1.807) is 24.3 Å². The zero-order valence-corrected chi connectivity index (χ0v) is 17.0. The minimum atomic E-state index is -3.52. The largest absolute Gasteiger partial charge is 0.467 e. The fraction of sp³-hybridized carbons (Fsp3) is 0.176. The molecule has 0 bridgehead atoms. The molecular formula is C17H15BrClNO5S. The monoisotopic (exact) mass is 459 g/mol. The number of sulfone groups is 1. The molecule has 0 radical (unpaired) electrons. The molecule has 2 rings (SSSR count). The first-order valence-electron chi connectivity index (χ1n) is 7.27. The van der Waals surface area contributed by atoms with Gasteiger partial charge in [-0.15, -0.1) is 0 Å². The van der Waals surface area contributed by atoms with E-state index in [0.717, 1.165) is 10.7 Å². The Bertz CT molecular complexity index is 944. The van der Waals surface area contributed by atoms with Crippen LogP contribution in [0.2, 0.25) is 5.02 Å². The Kier molecular flexibility index (Phi) is 6.44. The summed E-state index contributed by atoms with van der Waals surface area (Å²) in [7, 11) is -2.31. The summed E-state index contributed by atoms with van der Waals surface area (Å²) >= 11 is 9.32. The Labute approximate surface area is 164 Å². The predicted octanol–water partition coefficient (Wildman–Crippen LogP) is 3.15. The molecule has 0 heterocycles. The van der Waals surface area contributed by atoms with Crippen LogP contribution in [0.3, 0.4) is 0 Å². The molecule has 1 amide bonds. The Morgan fingerprint density at radius 2 is 1.77 bits per heavy atom. The molecule has 1 N–H and O–H groups in total. The number of nitrogens with one attached hydrogen (secondary N) is 1. The van der Waals surface area contributed by atoms with Crippen molar-refractivity contribution in [2.45, 2.75) is 10.9 Å². The summed E-state index contributed by atoms with van der Waals surface area (Å²) in [6.45, 7) is 0. The van der Waals surface area contributed by atoms with E-state index in [4.69, 9.17) is 16.3 Å². The third-order valence-electron chi connectivity index (χ3n) is 3.53. The van der Waals surface area contributed by atoms with E-state index in [0.29, 0.717) is 5.56 Å². The van der Waals surface area contributed by atoms with Crippen LogP contribution in [-0.2, 0) is 19.4 Å². The second kappa shape index (κ2) is 8.20. The Balaban J connectivity index is 2.38. The molecule has 0 aliphatic heterocycles. The highest BCUT2D eigenvalue weighted by atomic mass is 79.9. The molecule has 9 heteroatoms. The van der Waals surface area contributed by atoms with E-state index >= 15 is 0 Å². The lowest BCUT2D eigenvalue weighted by Gasteiger charge is -2.17. The number of ether oxygens (including phenoxy) is 1. The molecule has 0 aromatic heterocycles. The van der Waals surface area contributed by atoms with Crippen LogP contribution in [0.25, 0.3) is 0 Å². The average molecular weight is 461 g/mol. The van der Waals surface area contributed by atoms with Crippen LogP contribution in [0.1, 0.15) is 22.0 Å². The van der Waals surface area contributed by atoms with Crippen molar-refractivity contribution in [2.75, 3.05) is 13.4 Å². The van der Waals surface area contributed by atoms with Crippen molar-refractivity contribution in [3.8, 4) is 0 Å². The maximum atomic E-state index is 12.6. The average Bonchev–Trinajstić information content (AvgIpc) is 2.59. The van der Waals surface area contributed by atoms with Gasteiger partial charge in [0.15, 0.2) is 15.9 Å². The number of methoxy groups -OCH3 is 1. The number of carbonyl (C=O) groups is 2. The number of carbonyl (C=O) groups excluding carboxylic acids is 2. The highest BCUT2D eigenvalue weighted by molar-refractivity contribution is 9.10. The van der Waals surface area contributed by atoms with Gasteiger partial charge in [-0.1, -0.05) is 39.7 Å². The maximum Gasteiger partial charge on any atom is 0.333 e. The SMILES string of the molecule is COC(=O)C(NC(=O)c1cc(S(C)(=O)=O)ccc1Cl)c1ccc(Br)cc1. The van der Waals surface area contributed by atoms with Crippen LogP contribution >= 0.6 is 27.5 Å². The molecule has 2 aromatic rings. The topological polar surface area (TPSA) is 89.5 Å². The first-order valence-corrected chi connectivity index (χ1v) is 10.3. The van der Waals surface area contributed by atoms with Gasteiger partial charge in [0, 0.05) is 10.7 Å². The summed E-state index contributed by atoms with van der Waals surface area (Å²) in [6, 6.07) is 9.46. The Morgan fingerprint density at radius 1 is 1.15 bits per heavy atom. The lowest BCUT2D eigenvalue weighted by molar-refractivity contribution is -0.143. The van der Waals surface area contributed by atoms with Gasteiger partial charge in [0.05, 0.1) is 22.6 Å². The minimum absolute atomic E-state index is 0.0506. The van der Waals surface area contributed by atoms with Crippen LogP contribution in [0.5, 0.6) is 0 Å². The van der Waals surface area contributed by atoms with Gasteiger partial charge in [-0.2, -0.15) is 0 Å². The molecule has 26 heavy (non-hydrogen) atoms. The number of hydrogen-bond acceptors (Lipinski definition) is 5. The quantitative estimate of drug-likeness (QED) is 0.692. The molecular weight excluding hydrogens is 446 g/mol. The van der Waals surface area contributed by atoms with Crippen molar-refractivity contribution in [1.29, 1.82) is 0 Å². The van der Waals surface area contributed by atoms with Crippen molar-refractivity contribution in [3.63, 3.8) is 0 Å². The van der Waals surface area contributed by atoms with Crippen molar-refractivity contribution in [2.24, 2.45) is 0 Å². The smallest absolute Gasteiger partial charge is 0.333 e. The summed E-state index contributed by atoms with van der Waals surface area (Å²) in [4.78, 5) is 24.7. The summed E-state index contributed by atoms with van der Waals surface area (Å²) in [6.07, 6.45) is 1.02. The molecule has 6 nitrogen and oxygen atoms in total. The van der Waals surface area contributed by atoms with Gasteiger partial charge in [0.2, 0.25) is 0 Å². The Hall–Kier alpha value is -1.90. The molecule has 1 unspecified atom stereocenters. The predicted molar refractivity (Wildman–Crippen MR) is 101 cm³/mol. The lowest BCUT2D eigenvalue weighted by atomic mass is 10.1. The van der Waals surface area contributed by atoms with Crippen LogP contribution in [0.15, 0.2) is 51.8 Å². The molecule has 2 aromatic carbocycles. The third kappa shape index (κ3) is 4.84. The third-order valence-corrected chi connectivity index (χ3v) is 5.49. The molecule has 0 saturated carbocycles. The maximum absolute atomic E-state index is 12.6. The Morgan fingerprint density at radius 3 is 2.31 bits per heavy atom. The highest BCUT2D eigenvalue weighted by Crippen LogP contribution is 2.23. The van der Waals surface area contributed by atoms with Gasteiger partial charge in [-0.05, 0) is 35.9 Å². The number of esters is 1.